The molecular weight excluding hydrogens is 280 g/mol. The molecule has 0 N–H and O–H groups in total. The Morgan fingerprint density at radius 2 is 1.52 bits per heavy atom. The molecule has 0 spiro atoms. The van der Waals surface area contributed by atoms with E-state index >= 15 is 0 Å². The van der Waals surface area contributed by atoms with Crippen LogP contribution in [0.1, 0.15) is 29.7 Å². The van der Waals surface area contributed by atoms with E-state index in [1.165, 1.54) is 40.9 Å². The van der Waals surface area contributed by atoms with Crippen molar-refractivity contribution in [3.05, 3.63) is 77.6 Å². The molecule has 0 amide bonds. The van der Waals surface area contributed by atoms with Crippen LogP contribution < -0.4 is 0 Å². The zero-order valence-electron chi connectivity index (χ0n) is 13.5. The van der Waals surface area contributed by atoms with Crippen molar-refractivity contribution in [2.24, 2.45) is 0 Å². The Morgan fingerprint density at radius 1 is 0.783 bits per heavy atom. The lowest BCUT2D eigenvalue weighted by Gasteiger charge is -2.13. The third kappa shape index (κ3) is 2.79. The van der Waals surface area contributed by atoms with Gasteiger partial charge in [-0.15, -0.1) is 0 Å². The Bertz CT molecular complexity index is 817. The summed E-state index contributed by atoms with van der Waals surface area (Å²) in [6.07, 6.45) is 4.65. The van der Waals surface area contributed by atoms with Gasteiger partial charge in [-0.25, -0.2) is 4.42 Å². The van der Waals surface area contributed by atoms with Gasteiger partial charge in [0.15, 0.2) is 0 Å². The van der Waals surface area contributed by atoms with Gasteiger partial charge in [-0.2, -0.15) is 0 Å². The van der Waals surface area contributed by atoms with Crippen LogP contribution >= 0.6 is 0 Å². The molecule has 3 aromatic rings. The molecule has 0 fully saturated rings. The second kappa shape index (κ2) is 6.00. The monoisotopic (exact) mass is 301 g/mol. The number of hydrogen-bond acceptors (Lipinski definition) is 0. The Hall–Kier alpha value is -2.41. The summed E-state index contributed by atoms with van der Waals surface area (Å²) in [6.45, 7) is 2.13. The minimum atomic E-state index is 0.974. The third-order valence-electron chi connectivity index (χ3n) is 4.67. The topological polar surface area (TPSA) is 11.3 Å². The standard InChI is InChI=1S/C22H21O/c1-16-11-13-17(14-12-16)20-15-22(18-7-3-2-4-8-18)23-21-10-6-5-9-19(20)21/h2-4,7-8,11-15H,5-6,9-10H2,1H3/q+1. The molecule has 1 nitrogen and oxygen atoms in total. The van der Waals surface area contributed by atoms with Gasteiger partial charge >= 0.3 is 11.5 Å². The summed E-state index contributed by atoms with van der Waals surface area (Å²) in [5, 5.41) is 0. The molecule has 0 saturated heterocycles. The zero-order chi connectivity index (χ0) is 15.6. The van der Waals surface area contributed by atoms with Crippen molar-refractivity contribution in [2.45, 2.75) is 32.6 Å². The van der Waals surface area contributed by atoms with E-state index in [0.29, 0.717) is 0 Å². The summed E-state index contributed by atoms with van der Waals surface area (Å²) in [6, 6.07) is 21.5. The Kier molecular flexibility index (Phi) is 3.70. The lowest BCUT2D eigenvalue weighted by molar-refractivity contribution is 0.466. The summed E-state index contributed by atoms with van der Waals surface area (Å²) in [5.41, 5.74) is 6.48. The number of aryl methyl sites for hydroxylation is 2. The van der Waals surface area contributed by atoms with E-state index < -0.39 is 0 Å². The van der Waals surface area contributed by atoms with E-state index in [2.05, 4.69) is 61.5 Å². The maximum absolute atomic E-state index is 6.27. The molecule has 114 valence electrons. The average Bonchev–Trinajstić information content (AvgIpc) is 2.62. The first-order chi connectivity index (χ1) is 11.3. The van der Waals surface area contributed by atoms with E-state index in [1.807, 2.05) is 6.07 Å². The van der Waals surface area contributed by atoms with E-state index in [-0.39, 0.29) is 0 Å². The molecule has 1 heteroatoms. The molecule has 2 aromatic carbocycles. The van der Waals surface area contributed by atoms with Crippen molar-refractivity contribution in [1.29, 1.82) is 0 Å². The largest absolute Gasteiger partial charge is 0.360 e. The Balaban J connectivity index is 1.91. The highest BCUT2D eigenvalue weighted by molar-refractivity contribution is 5.73. The smallest absolute Gasteiger partial charge is 0.212 e. The van der Waals surface area contributed by atoms with Gasteiger partial charge in [-0.3, -0.25) is 0 Å². The minimum absolute atomic E-state index is 0.974. The van der Waals surface area contributed by atoms with Gasteiger partial charge in [-0.1, -0.05) is 48.0 Å². The molecule has 1 aliphatic rings. The molecule has 0 atom stereocenters. The fourth-order valence-corrected chi connectivity index (χ4v) is 3.39. The number of hydrogen-bond donors (Lipinski definition) is 0. The quantitative estimate of drug-likeness (QED) is 0.522. The minimum Gasteiger partial charge on any atom is -0.212 e. The molecule has 23 heavy (non-hydrogen) atoms. The second-order valence-electron chi connectivity index (χ2n) is 6.37. The van der Waals surface area contributed by atoms with Gasteiger partial charge < -0.3 is 0 Å². The molecule has 0 aliphatic heterocycles. The molecule has 0 radical (unpaired) electrons. The van der Waals surface area contributed by atoms with Crippen LogP contribution in [0.2, 0.25) is 0 Å². The van der Waals surface area contributed by atoms with Gasteiger partial charge in [0.05, 0.1) is 23.6 Å². The summed E-state index contributed by atoms with van der Waals surface area (Å²) in [5.74, 6) is 2.15. The van der Waals surface area contributed by atoms with Crippen molar-refractivity contribution < 1.29 is 4.42 Å². The maximum Gasteiger partial charge on any atom is 0.360 e. The number of fused-ring (bicyclic) bond motifs is 1. The summed E-state index contributed by atoms with van der Waals surface area (Å²) in [4.78, 5) is 0. The van der Waals surface area contributed by atoms with Crippen molar-refractivity contribution in [2.75, 3.05) is 0 Å². The highest BCUT2D eigenvalue weighted by Crippen LogP contribution is 2.36. The van der Waals surface area contributed by atoms with Crippen LogP contribution in [-0.2, 0) is 12.8 Å². The summed E-state index contributed by atoms with van der Waals surface area (Å²) in [7, 11) is 0. The van der Waals surface area contributed by atoms with Crippen LogP contribution in [0, 0.1) is 6.92 Å². The van der Waals surface area contributed by atoms with Crippen LogP contribution in [0.5, 0.6) is 0 Å². The van der Waals surface area contributed by atoms with Crippen molar-refractivity contribution in [3.63, 3.8) is 0 Å². The number of rotatable bonds is 2. The number of benzene rings is 2. The fourth-order valence-electron chi connectivity index (χ4n) is 3.39. The van der Waals surface area contributed by atoms with Gasteiger partial charge in [0, 0.05) is 5.56 Å². The van der Waals surface area contributed by atoms with E-state index in [0.717, 1.165) is 24.2 Å². The zero-order valence-corrected chi connectivity index (χ0v) is 13.5. The van der Waals surface area contributed by atoms with Gasteiger partial charge in [-0.05, 0) is 43.9 Å². The average molecular weight is 301 g/mol. The normalized spacial score (nSPS) is 13.6. The van der Waals surface area contributed by atoms with Crippen LogP contribution in [0.4, 0.5) is 0 Å². The predicted octanol–water partition coefficient (Wildman–Crippen LogP) is 6.08. The van der Waals surface area contributed by atoms with E-state index in [1.54, 1.807) is 0 Å². The lowest BCUT2D eigenvalue weighted by atomic mass is 9.89. The predicted molar refractivity (Wildman–Crippen MR) is 95.4 cm³/mol. The fraction of sp³-hybridized carbons (Fsp3) is 0.227. The molecule has 4 rings (SSSR count). The van der Waals surface area contributed by atoms with Crippen LogP contribution in [-0.4, -0.2) is 0 Å². The van der Waals surface area contributed by atoms with Crippen LogP contribution in [0.15, 0.2) is 65.1 Å². The first-order valence-corrected chi connectivity index (χ1v) is 8.42. The highest BCUT2D eigenvalue weighted by atomic mass is 16.3. The first-order valence-electron chi connectivity index (χ1n) is 8.42. The molecular formula is C22H21O+. The van der Waals surface area contributed by atoms with Crippen molar-refractivity contribution >= 4 is 0 Å². The maximum atomic E-state index is 6.27. The SMILES string of the molecule is Cc1ccc(-c2cc(-c3ccccc3)[o+]c3c2CCCC3)cc1. The molecule has 1 aromatic heterocycles. The van der Waals surface area contributed by atoms with Crippen LogP contribution in [0.25, 0.3) is 22.5 Å². The third-order valence-corrected chi connectivity index (χ3v) is 4.67. The molecule has 0 unspecified atom stereocenters. The van der Waals surface area contributed by atoms with Crippen molar-refractivity contribution in [3.8, 4) is 22.5 Å². The Morgan fingerprint density at radius 3 is 2.30 bits per heavy atom. The highest BCUT2D eigenvalue weighted by Gasteiger charge is 2.27. The van der Waals surface area contributed by atoms with E-state index in [9.17, 15) is 0 Å². The molecule has 1 heterocycles. The summed E-state index contributed by atoms with van der Waals surface area (Å²) < 4.78 is 6.27. The second-order valence-corrected chi connectivity index (χ2v) is 6.37. The lowest BCUT2D eigenvalue weighted by Crippen LogP contribution is -2.05. The van der Waals surface area contributed by atoms with E-state index in [4.69, 9.17) is 4.42 Å². The van der Waals surface area contributed by atoms with Gasteiger partial charge in [0.1, 0.15) is 0 Å². The van der Waals surface area contributed by atoms with Gasteiger partial charge in [0.25, 0.3) is 0 Å². The Labute approximate surface area is 137 Å². The molecule has 0 bridgehead atoms. The van der Waals surface area contributed by atoms with Gasteiger partial charge in [0.2, 0.25) is 0 Å². The molecule has 0 saturated carbocycles. The first kappa shape index (κ1) is 14.2. The van der Waals surface area contributed by atoms with Crippen molar-refractivity contribution in [1.82, 2.24) is 0 Å². The molecule has 1 aliphatic carbocycles. The van der Waals surface area contributed by atoms with Crippen LogP contribution in [0.3, 0.4) is 0 Å². The summed E-state index contributed by atoms with van der Waals surface area (Å²) >= 11 is 0.